The first-order valence-electron chi connectivity index (χ1n) is 12.1. The van der Waals surface area contributed by atoms with Gasteiger partial charge in [-0.05, 0) is 41.3 Å². The Bertz CT molecular complexity index is 1450. The van der Waals surface area contributed by atoms with Crippen LogP contribution in [0.5, 0.6) is 0 Å². The minimum Gasteiger partial charge on any atom is -0.348 e. The Kier molecular flexibility index (Phi) is 9.75. The average Bonchev–Trinajstić information content (AvgIpc) is 2.90. The highest BCUT2D eigenvalue weighted by Gasteiger charge is 2.18. The summed E-state index contributed by atoms with van der Waals surface area (Å²) in [6.45, 7) is 2.00. The molecule has 38 heavy (non-hydrogen) atoms. The molecular weight excluding hydrogens is 504 g/mol. The molecule has 0 saturated heterocycles. The summed E-state index contributed by atoms with van der Waals surface area (Å²) in [4.78, 5) is 37.5. The normalized spacial score (nSPS) is 12.4. The maximum absolute atomic E-state index is 13.1. The standard InChI is InChI=1S/C28H32N4O5S/c1-20(23-16-10-13-21-11-4-6-14-24(21)23)31-26(33)25-15-7-5-12-22(25)19-30-28(35)27(34)29-17-8-9-18-38(36,37)32(2)3/h4-7,9-16,18,20H,8,17,19H2,1-3H3,(H,29,34)(H,30,35)(H,31,33)/b18-9+/t20-/m1/s1. The largest absolute Gasteiger partial charge is 0.348 e. The second kappa shape index (κ2) is 13.0. The molecule has 0 heterocycles. The second-order valence-electron chi connectivity index (χ2n) is 8.85. The van der Waals surface area contributed by atoms with Gasteiger partial charge in [-0.1, -0.05) is 66.7 Å². The van der Waals surface area contributed by atoms with Crippen molar-refractivity contribution in [3.8, 4) is 0 Å². The summed E-state index contributed by atoms with van der Waals surface area (Å²) in [5, 5.41) is 11.2. The first-order chi connectivity index (χ1) is 18.1. The molecule has 3 rings (SSSR count). The van der Waals surface area contributed by atoms with Crippen molar-refractivity contribution in [2.24, 2.45) is 0 Å². The molecule has 0 bridgehead atoms. The zero-order valence-corrected chi connectivity index (χ0v) is 22.4. The number of hydrogen-bond acceptors (Lipinski definition) is 5. The minimum atomic E-state index is -3.47. The van der Waals surface area contributed by atoms with Gasteiger partial charge >= 0.3 is 11.8 Å². The Morgan fingerprint density at radius 3 is 2.32 bits per heavy atom. The Hall–Kier alpha value is -4.02. The van der Waals surface area contributed by atoms with Gasteiger partial charge in [0.1, 0.15) is 0 Å². The van der Waals surface area contributed by atoms with Gasteiger partial charge in [-0.25, -0.2) is 12.7 Å². The topological polar surface area (TPSA) is 125 Å². The number of nitrogens with one attached hydrogen (secondary N) is 3. The molecule has 0 aliphatic rings. The van der Waals surface area contributed by atoms with Crippen LogP contribution >= 0.6 is 0 Å². The zero-order chi connectivity index (χ0) is 27.7. The van der Waals surface area contributed by atoms with E-state index in [-0.39, 0.29) is 31.5 Å². The van der Waals surface area contributed by atoms with Crippen molar-refractivity contribution in [1.82, 2.24) is 20.3 Å². The van der Waals surface area contributed by atoms with Crippen LogP contribution in [-0.4, -0.2) is 51.1 Å². The molecule has 3 aromatic rings. The van der Waals surface area contributed by atoms with Gasteiger partial charge in [-0.2, -0.15) is 0 Å². The van der Waals surface area contributed by atoms with Crippen LogP contribution in [0.2, 0.25) is 0 Å². The molecule has 0 aromatic heterocycles. The van der Waals surface area contributed by atoms with E-state index in [0.29, 0.717) is 11.1 Å². The highest BCUT2D eigenvalue weighted by Crippen LogP contribution is 2.24. The molecular formula is C28H32N4O5S. The van der Waals surface area contributed by atoms with Crippen LogP contribution < -0.4 is 16.0 Å². The van der Waals surface area contributed by atoms with Crippen molar-refractivity contribution in [2.75, 3.05) is 20.6 Å². The first-order valence-corrected chi connectivity index (χ1v) is 13.6. The van der Waals surface area contributed by atoms with Crippen LogP contribution in [0.4, 0.5) is 0 Å². The lowest BCUT2D eigenvalue weighted by molar-refractivity contribution is -0.139. The Labute approximate surface area is 223 Å². The fourth-order valence-corrected chi connectivity index (χ4v) is 4.42. The predicted octanol–water partition coefficient (Wildman–Crippen LogP) is 2.86. The number of amides is 3. The summed E-state index contributed by atoms with van der Waals surface area (Å²) in [6, 6.07) is 20.5. The number of carbonyl (C=O) groups is 3. The quantitative estimate of drug-likeness (QED) is 0.272. The first kappa shape index (κ1) is 28.5. The lowest BCUT2D eigenvalue weighted by Gasteiger charge is -2.18. The van der Waals surface area contributed by atoms with E-state index < -0.39 is 21.8 Å². The van der Waals surface area contributed by atoms with Gasteiger partial charge in [0.05, 0.1) is 6.04 Å². The molecule has 0 aliphatic carbocycles. The number of fused-ring (bicyclic) bond motifs is 1. The molecule has 3 N–H and O–H groups in total. The summed E-state index contributed by atoms with van der Waals surface area (Å²) < 4.78 is 24.4. The SMILES string of the molecule is C[C@@H](NC(=O)c1ccccc1CNC(=O)C(=O)NCC/C=C/S(=O)(=O)N(C)C)c1cccc2ccccc12. The van der Waals surface area contributed by atoms with Gasteiger partial charge in [0, 0.05) is 38.2 Å². The van der Waals surface area contributed by atoms with Gasteiger partial charge in [-0.3, -0.25) is 14.4 Å². The lowest BCUT2D eigenvalue weighted by Crippen LogP contribution is -2.40. The number of hydrogen-bond donors (Lipinski definition) is 3. The third kappa shape index (κ3) is 7.50. The number of sulfonamides is 1. The summed E-state index contributed by atoms with van der Waals surface area (Å²) >= 11 is 0. The minimum absolute atomic E-state index is 0.0144. The monoisotopic (exact) mass is 536 g/mol. The third-order valence-electron chi connectivity index (χ3n) is 5.92. The maximum Gasteiger partial charge on any atom is 0.309 e. The fraction of sp³-hybridized carbons (Fsp3) is 0.250. The van der Waals surface area contributed by atoms with E-state index in [0.717, 1.165) is 26.0 Å². The third-order valence-corrected chi connectivity index (χ3v) is 7.47. The van der Waals surface area contributed by atoms with Crippen LogP contribution in [-0.2, 0) is 26.2 Å². The van der Waals surface area contributed by atoms with E-state index in [2.05, 4.69) is 16.0 Å². The van der Waals surface area contributed by atoms with E-state index in [1.165, 1.54) is 20.2 Å². The summed E-state index contributed by atoms with van der Waals surface area (Å²) in [6.07, 6.45) is 1.64. The highest BCUT2D eigenvalue weighted by atomic mass is 32.2. The van der Waals surface area contributed by atoms with Crippen molar-refractivity contribution in [2.45, 2.75) is 25.9 Å². The van der Waals surface area contributed by atoms with E-state index in [4.69, 9.17) is 0 Å². The van der Waals surface area contributed by atoms with Gasteiger partial charge in [0.2, 0.25) is 10.0 Å². The second-order valence-corrected chi connectivity index (χ2v) is 10.9. The lowest BCUT2D eigenvalue weighted by atomic mass is 9.99. The molecule has 3 aromatic carbocycles. The van der Waals surface area contributed by atoms with Crippen molar-refractivity contribution < 1.29 is 22.8 Å². The molecule has 0 saturated carbocycles. The molecule has 0 spiro atoms. The van der Waals surface area contributed by atoms with Gasteiger partial charge < -0.3 is 16.0 Å². The zero-order valence-electron chi connectivity index (χ0n) is 21.6. The summed E-state index contributed by atoms with van der Waals surface area (Å²) in [5.74, 6) is -1.99. The summed E-state index contributed by atoms with van der Waals surface area (Å²) in [5.41, 5.74) is 1.95. The van der Waals surface area contributed by atoms with E-state index in [9.17, 15) is 22.8 Å². The van der Waals surface area contributed by atoms with Crippen LogP contribution in [0.25, 0.3) is 10.8 Å². The number of rotatable bonds is 10. The van der Waals surface area contributed by atoms with E-state index >= 15 is 0 Å². The predicted molar refractivity (Wildman–Crippen MR) is 147 cm³/mol. The van der Waals surface area contributed by atoms with Crippen molar-refractivity contribution in [3.63, 3.8) is 0 Å². The molecule has 0 unspecified atom stereocenters. The van der Waals surface area contributed by atoms with Crippen LogP contribution in [0, 0.1) is 0 Å². The molecule has 10 heteroatoms. The molecule has 0 radical (unpaired) electrons. The number of nitrogens with zero attached hydrogens (tertiary/aromatic N) is 1. The molecule has 9 nitrogen and oxygen atoms in total. The Morgan fingerprint density at radius 2 is 1.55 bits per heavy atom. The van der Waals surface area contributed by atoms with Crippen LogP contribution in [0.3, 0.4) is 0 Å². The smallest absolute Gasteiger partial charge is 0.309 e. The summed E-state index contributed by atoms with van der Waals surface area (Å²) in [7, 11) is -0.639. The van der Waals surface area contributed by atoms with Crippen molar-refractivity contribution >= 4 is 38.5 Å². The van der Waals surface area contributed by atoms with Gasteiger partial charge in [0.15, 0.2) is 0 Å². The Morgan fingerprint density at radius 1 is 0.895 bits per heavy atom. The van der Waals surface area contributed by atoms with Gasteiger partial charge in [-0.15, -0.1) is 0 Å². The van der Waals surface area contributed by atoms with Crippen LogP contribution in [0.1, 0.15) is 40.9 Å². The maximum atomic E-state index is 13.1. The molecule has 3 amide bonds. The highest BCUT2D eigenvalue weighted by molar-refractivity contribution is 7.92. The molecule has 200 valence electrons. The van der Waals surface area contributed by atoms with Crippen molar-refractivity contribution in [1.29, 1.82) is 0 Å². The number of carbonyl (C=O) groups excluding carboxylic acids is 3. The van der Waals surface area contributed by atoms with E-state index in [1.807, 2.05) is 49.4 Å². The van der Waals surface area contributed by atoms with Crippen LogP contribution in [0.15, 0.2) is 78.2 Å². The van der Waals surface area contributed by atoms with Gasteiger partial charge in [0.25, 0.3) is 5.91 Å². The Balaban J connectivity index is 1.56. The number of benzene rings is 3. The average molecular weight is 537 g/mol. The van der Waals surface area contributed by atoms with Crippen molar-refractivity contribution in [3.05, 3.63) is 94.9 Å². The fourth-order valence-electron chi connectivity index (χ4n) is 3.79. The molecule has 0 fully saturated rings. The molecule has 0 aliphatic heterocycles. The molecule has 1 atom stereocenters. The van der Waals surface area contributed by atoms with E-state index in [1.54, 1.807) is 24.3 Å².